The first-order chi connectivity index (χ1) is 15.7. The van der Waals surface area contributed by atoms with Gasteiger partial charge in [0.2, 0.25) is 5.91 Å². The number of amides is 2. The molecule has 1 fully saturated rings. The lowest BCUT2D eigenvalue weighted by Crippen LogP contribution is -2.20. The van der Waals surface area contributed by atoms with Gasteiger partial charge in [-0.1, -0.05) is 0 Å². The highest BCUT2D eigenvalue weighted by Crippen LogP contribution is 2.35. The highest BCUT2D eigenvalue weighted by Gasteiger charge is 2.30. The number of nitrogens with one attached hydrogen (secondary N) is 3. The Balaban J connectivity index is 1.75. The molecular weight excluding hydrogens is 386 g/mol. The lowest BCUT2D eigenvalue weighted by Gasteiger charge is -2.15. The number of carbonyl (C=O) groups excluding carboxylic acids is 2. The van der Waals surface area contributed by atoms with Crippen LogP contribution in [-0.4, -0.2) is 45.4 Å². The first-order valence-corrected chi connectivity index (χ1v) is 9.48. The van der Waals surface area contributed by atoms with Crippen LogP contribution in [0.4, 0.5) is 17.3 Å². The zero-order valence-electron chi connectivity index (χ0n) is 19.5. The molecule has 3 aromatic rings. The van der Waals surface area contributed by atoms with Crippen LogP contribution in [0.1, 0.15) is 34.2 Å². The molecule has 0 bridgehead atoms. The number of nitrogens with zero attached hydrogens (tertiary/aromatic N) is 4. The summed E-state index contributed by atoms with van der Waals surface area (Å²) in [5.41, 5.74) is 1.50. The average Bonchev–Trinajstić information content (AvgIpc) is 3.52. The highest BCUT2D eigenvalue weighted by molar-refractivity contribution is 6.01. The number of hydrogen-bond donors (Lipinski definition) is 3. The summed E-state index contributed by atoms with van der Waals surface area (Å²) in [6.07, 6.45) is 6.08. The number of methoxy groups -OCH3 is 1. The molecule has 30 heavy (non-hydrogen) atoms. The number of rotatable bonds is 7. The van der Waals surface area contributed by atoms with E-state index in [1.54, 1.807) is 12.5 Å². The molecule has 0 atom stereocenters. The van der Waals surface area contributed by atoms with E-state index in [1.165, 1.54) is 19.4 Å². The Morgan fingerprint density at radius 1 is 1.30 bits per heavy atom. The molecule has 0 unspecified atom stereocenters. The van der Waals surface area contributed by atoms with E-state index in [0.717, 1.165) is 12.8 Å². The molecule has 3 heterocycles. The van der Waals surface area contributed by atoms with Gasteiger partial charge in [0.25, 0.3) is 5.91 Å². The summed E-state index contributed by atoms with van der Waals surface area (Å²) in [7, 11) is 1.49. The largest absolute Gasteiger partial charge is 0.491 e. The van der Waals surface area contributed by atoms with Gasteiger partial charge in [-0.3, -0.25) is 9.59 Å². The summed E-state index contributed by atoms with van der Waals surface area (Å²) >= 11 is 0. The molecule has 156 valence electrons. The average molecular weight is 412 g/mol. The smallest absolute Gasteiger partial charge is 0.254 e. The van der Waals surface area contributed by atoms with Crippen LogP contribution in [0.3, 0.4) is 0 Å². The third kappa shape index (κ3) is 3.63. The van der Waals surface area contributed by atoms with Crippen molar-refractivity contribution in [1.82, 2.24) is 24.8 Å². The zero-order valence-corrected chi connectivity index (χ0v) is 16.5. The van der Waals surface area contributed by atoms with Crippen molar-refractivity contribution in [2.75, 3.05) is 24.7 Å². The van der Waals surface area contributed by atoms with E-state index < -0.39 is 12.9 Å². The molecule has 0 aromatic carbocycles. The molecule has 0 aliphatic heterocycles. The highest BCUT2D eigenvalue weighted by atomic mass is 16.5. The third-order valence-corrected chi connectivity index (χ3v) is 4.87. The first-order valence-electron chi connectivity index (χ1n) is 11.0. The number of pyridine rings is 2. The Bertz CT molecular complexity index is 1220. The minimum absolute atomic E-state index is 0.0384. The van der Waals surface area contributed by atoms with Crippen LogP contribution < -0.4 is 20.7 Å². The first kappa shape index (κ1) is 16.1. The summed E-state index contributed by atoms with van der Waals surface area (Å²) in [6, 6.07) is 1.46. The van der Waals surface area contributed by atoms with E-state index >= 15 is 0 Å². The van der Waals surface area contributed by atoms with Gasteiger partial charge in [0.1, 0.15) is 16.9 Å². The lowest BCUT2D eigenvalue weighted by molar-refractivity contribution is -0.117. The van der Waals surface area contributed by atoms with Gasteiger partial charge in [-0.15, -0.1) is 0 Å². The van der Waals surface area contributed by atoms with Gasteiger partial charge in [-0.05, 0) is 19.8 Å². The normalized spacial score (nSPS) is 15.1. The maximum atomic E-state index is 12.6. The van der Waals surface area contributed by atoms with Gasteiger partial charge in [0, 0.05) is 35.8 Å². The second kappa shape index (κ2) is 7.97. The van der Waals surface area contributed by atoms with Crippen molar-refractivity contribution < 1.29 is 18.4 Å². The Hall–Kier alpha value is -3.69. The Morgan fingerprint density at radius 3 is 2.83 bits per heavy atom. The number of ether oxygens (including phenoxy) is 1. The molecule has 0 spiro atoms. The van der Waals surface area contributed by atoms with E-state index in [1.807, 2.05) is 16.8 Å². The summed E-state index contributed by atoms with van der Waals surface area (Å²) in [4.78, 5) is 37.6. The summed E-state index contributed by atoms with van der Waals surface area (Å²) in [5, 5.41) is 7.71. The van der Waals surface area contributed by atoms with E-state index in [-0.39, 0.29) is 34.7 Å². The van der Waals surface area contributed by atoms with Crippen LogP contribution in [-0.2, 0) is 11.3 Å². The van der Waals surface area contributed by atoms with E-state index in [4.69, 9.17) is 8.85 Å². The van der Waals surface area contributed by atoms with Crippen molar-refractivity contribution in [3.8, 4) is 5.75 Å². The van der Waals surface area contributed by atoms with Gasteiger partial charge in [-0.2, -0.15) is 0 Å². The molecule has 3 aromatic heterocycles. The molecule has 10 nitrogen and oxygen atoms in total. The number of imidazole rings is 1. The van der Waals surface area contributed by atoms with Crippen molar-refractivity contribution in [2.24, 2.45) is 5.92 Å². The van der Waals surface area contributed by atoms with Crippen molar-refractivity contribution in [3.63, 3.8) is 0 Å². The quantitative estimate of drug-likeness (QED) is 0.544. The van der Waals surface area contributed by atoms with Crippen molar-refractivity contribution in [1.29, 1.82) is 0 Å². The molecule has 1 aliphatic rings. The molecule has 0 radical (unpaired) electrons. The van der Waals surface area contributed by atoms with Crippen molar-refractivity contribution >= 4 is 40.2 Å². The van der Waals surface area contributed by atoms with Crippen LogP contribution in [0.2, 0.25) is 0 Å². The topological polar surface area (TPSA) is 123 Å². The van der Waals surface area contributed by atoms with E-state index in [0.29, 0.717) is 23.3 Å². The van der Waals surface area contributed by atoms with Crippen molar-refractivity contribution in [3.05, 3.63) is 30.4 Å². The maximum absolute atomic E-state index is 12.6. The van der Waals surface area contributed by atoms with E-state index in [9.17, 15) is 9.59 Å². The molecule has 1 saturated carbocycles. The fourth-order valence-corrected chi connectivity index (χ4v) is 3.13. The van der Waals surface area contributed by atoms with Gasteiger partial charge < -0.3 is 25.3 Å². The second-order valence-electron chi connectivity index (χ2n) is 6.86. The molecule has 0 saturated heterocycles. The SMILES string of the molecule is [2H]C([2H])([2H])NC(=O)c1cnc(NC(=O)C2CC2)cc1Nc1ncc2ncn(CC)c2c1OC. The third-order valence-electron chi connectivity index (χ3n) is 4.87. The van der Waals surface area contributed by atoms with Crippen LogP contribution in [0.5, 0.6) is 5.75 Å². The predicted octanol–water partition coefficient (Wildman–Crippen LogP) is 2.31. The molecule has 4 rings (SSSR count). The van der Waals surface area contributed by atoms with Crippen molar-refractivity contribution in [2.45, 2.75) is 26.3 Å². The standard InChI is InChI=1S/C20H23N7O3/c1-4-27-10-24-14-9-23-18(17(30-3)16(14)27)25-13-7-15(26-19(28)11-5-6-11)22-8-12(13)20(29)21-2/h7-11H,4-6H2,1-3H3,(H,21,29)(H2,22,23,25,26,28)/i2D3. The van der Waals surface area contributed by atoms with E-state index in [2.05, 4.69) is 25.6 Å². The summed E-state index contributed by atoms with van der Waals surface area (Å²) in [5.74, 6) is -0.150. The number of aryl methyl sites for hydroxylation is 1. The minimum atomic E-state index is -2.68. The van der Waals surface area contributed by atoms with Crippen LogP contribution in [0.15, 0.2) is 24.8 Å². The fraction of sp³-hybridized carbons (Fsp3) is 0.350. The predicted molar refractivity (Wildman–Crippen MR) is 112 cm³/mol. The van der Waals surface area contributed by atoms with Crippen LogP contribution in [0, 0.1) is 5.92 Å². The summed E-state index contributed by atoms with van der Waals surface area (Å²) in [6.45, 7) is -0.0755. The fourth-order valence-electron chi connectivity index (χ4n) is 3.13. The molecule has 10 heteroatoms. The van der Waals surface area contributed by atoms with Gasteiger partial charge in [0.15, 0.2) is 11.6 Å². The van der Waals surface area contributed by atoms with Crippen LogP contribution >= 0.6 is 0 Å². The monoisotopic (exact) mass is 412 g/mol. The summed E-state index contributed by atoms with van der Waals surface area (Å²) < 4.78 is 29.5. The molecular formula is C20H23N7O3. The van der Waals surface area contributed by atoms with Gasteiger partial charge in [0.05, 0.1) is 30.9 Å². The maximum Gasteiger partial charge on any atom is 0.254 e. The lowest BCUT2D eigenvalue weighted by atomic mass is 10.2. The van der Waals surface area contributed by atoms with Crippen LogP contribution in [0.25, 0.3) is 11.0 Å². The number of fused-ring (bicyclic) bond motifs is 1. The molecule has 3 N–H and O–H groups in total. The zero-order chi connectivity index (χ0) is 23.8. The minimum Gasteiger partial charge on any atom is -0.491 e. The number of carbonyl (C=O) groups is 2. The number of anilines is 3. The van der Waals surface area contributed by atoms with Gasteiger partial charge in [-0.25, -0.2) is 15.0 Å². The Labute approximate surface area is 177 Å². The second-order valence-corrected chi connectivity index (χ2v) is 6.86. The van der Waals surface area contributed by atoms with Gasteiger partial charge >= 0.3 is 0 Å². The molecule has 1 aliphatic carbocycles. The Morgan fingerprint density at radius 2 is 2.13 bits per heavy atom. The Kier molecular flexibility index (Phi) is 4.29. The molecule has 2 amide bonds. The number of aromatic nitrogens is 4. The number of hydrogen-bond acceptors (Lipinski definition) is 7.